The van der Waals surface area contributed by atoms with Crippen LogP contribution in [0.4, 0.5) is 22.0 Å². The Kier molecular flexibility index (Phi) is 5.88. The number of ether oxygens (including phenoxy) is 1. The van der Waals surface area contributed by atoms with Gasteiger partial charge in [0.25, 0.3) is 5.91 Å². The summed E-state index contributed by atoms with van der Waals surface area (Å²) >= 11 is 0. The van der Waals surface area contributed by atoms with E-state index in [1.165, 1.54) is 0 Å². The average molecular weight is 361 g/mol. The molecule has 1 aromatic rings. The number of amides is 1. The number of rotatable bonds is 4. The summed E-state index contributed by atoms with van der Waals surface area (Å²) in [7, 11) is 0. The normalized spacial score (nSPS) is 20.6. The Balaban J connectivity index is 2.16. The molecule has 1 aromatic carbocycles. The number of halogens is 5. The topological polar surface area (TPSA) is 38.3 Å². The molecule has 1 amide bonds. The molecule has 1 aliphatic rings. The minimum Gasteiger partial charge on any atom is -0.475 e. The van der Waals surface area contributed by atoms with Crippen molar-refractivity contribution in [3.63, 3.8) is 0 Å². The van der Waals surface area contributed by atoms with Crippen molar-refractivity contribution in [3.05, 3.63) is 29.3 Å². The van der Waals surface area contributed by atoms with Gasteiger partial charge in [-0.1, -0.05) is 18.8 Å². The van der Waals surface area contributed by atoms with Gasteiger partial charge >= 0.3 is 6.18 Å². The third kappa shape index (κ3) is 4.62. The number of benzene rings is 1. The van der Waals surface area contributed by atoms with Crippen LogP contribution in [0.25, 0.3) is 0 Å². The highest BCUT2D eigenvalue weighted by molar-refractivity contribution is 5.94. The lowest BCUT2D eigenvalue weighted by Gasteiger charge is -2.33. The van der Waals surface area contributed by atoms with Crippen LogP contribution in [0.1, 0.15) is 36.0 Å². The number of hydrogen-bond donors (Lipinski definition) is 1. The smallest absolute Gasteiger partial charge is 0.393 e. The summed E-state index contributed by atoms with van der Waals surface area (Å²) in [5.41, 5.74) is -0.422. The molecule has 8 heteroatoms. The molecule has 3 nitrogen and oxygen atoms in total. The highest BCUT2D eigenvalue weighted by atomic mass is 19.4. The van der Waals surface area contributed by atoms with Gasteiger partial charge in [0.05, 0.1) is 5.92 Å². The predicted octanol–water partition coefficient (Wildman–Crippen LogP) is 3.83. The molecule has 136 valence electrons. The van der Waals surface area contributed by atoms with E-state index in [1.807, 2.05) is 5.92 Å². The Bertz CT molecular complexity index is 658. The highest BCUT2D eigenvalue weighted by Crippen LogP contribution is 2.37. The summed E-state index contributed by atoms with van der Waals surface area (Å²) in [6.07, 6.45) is 1.52. The van der Waals surface area contributed by atoms with E-state index in [1.54, 1.807) is 0 Å². The van der Waals surface area contributed by atoms with Crippen LogP contribution in [0.3, 0.4) is 0 Å². The molecule has 2 atom stereocenters. The van der Waals surface area contributed by atoms with Crippen molar-refractivity contribution in [3.8, 4) is 18.1 Å². The highest BCUT2D eigenvalue weighted by Gasteiger charge is 2.46. The first-order valence-corrected chi connectivity index (χ1v) is 7.67. The number of carbonyl (C=O) groups is 1. The lowest BCUT2D eigenvalue weighted by molar-refractivity contribution is -0.187. The third-order valence-electron chi connectivity index (χ3n) is 4.06. The molecule has 0 heterocycles. The number of hydrogen-bond acceptors (Lipinski definition) is 2. The van der Waals surface area contributed by atoms with Gasteiger partial charge in [-0.3, -0.25) is 4.79 Å². The van der Waals surface area contributed by atoms with E-state index < -0.39 is 47.0 Å². The second-order valence-electron chi connectivity index (χ2n) is 5.77. The lowest BCUT2D eigenvalue weighted by Crippen LogP contribution is -2.47. The quantitative estimate of drug-likeness (QED) is 0.654. The summed E-state index contributed by atoms with van der Waals surface area (Å²) in [5, 5.41) is 2.24. The van der Waals surface area contributed by atoms with E-state index >= 15 is 0 Å². The van der Waals surface area contributed by atoms with Gasteiger partial charge in [0, 0.05) is 11.6 Å². The van der Waals surface area contributed by atoms with Crippen molar-refractivity contribution in [1.82, 2.24) is 5.32 Å². The zero-order valence-electron chi connectivity index (χ0n) is 13.1. The van der Waals surface area contributed by atoms with Gasteiger partial charge in [-0.15, -0.1) is 6.42 Å². The summed E-state index contributed by atoms with van der Waals surface area (Å²) in [6.45, 7) is -0.366. The van der Waals surface area contributed by atoms with Gasteiger partial charge < -0.3 is 10.1 Å². The maximum atomic E-state index is 13.8. The zero-order chi connectivity index (χ0) is 18.6. The summed E-state index contributed by atoms with van der Waals surface area (Å²) in [5.74, 6) is -3.65. The van der Waals surface area contributed by atoms with E-state index in [-0.39, 0.29) is 19.4 Å². The molecule has 2 rings (SSSR count). The molecule has 1 aliphatic carbocycles. The lowest BCUT2D eigenvalue weighted by atomic mass is 9.84. The second-order valence-corrected chi connectivity index (χ2v) is 5.77. The van der Waals surface area contributed by atoms with Crippen LogP contribution in [-0.4, -0.2) is 24.7 Å². The second kappa shape index (κ2) is 7.72. The van der Waals surface area contributed by atoms with Crippen molar-refractivity contribution in [1.29, 1.82) is 0 Å². The van der Waals surface area contributed by atoms with Crippen molar-refractivity contribution in [2.75, 3.05) is 6.61 Å². The maximum absolute atomic E-state index is 13.8. The van der Waals surface area contributed by atoms with E-state index in [9.17, 15) is 26.7 Å². The first-order valence-electron chi connectivity index (χ1n) is 7.67. The molecule has 1 saturated carbocycles. The fraction of sp³-hybridized carbons (Fsp3) is 0.471. The van der Waals surface area contributed by atoms with E-state index in [0.29, 0.717) is 25.0 Å². The van der Waals surface area contributed by atoms with Crippen LogP contribution in [0.2, 0.25) is 0 Å². The fourth-order valence-corrected chi connectivity index (χ4v) is 2.89. The van der Waals surface area contributed by atoms with Crippen LogP contribution in [0, 0.1) is 29.9 Å². The van der Waals surface area contributed by atoms with Crippen LogP contribution in [-0.2, 0) is 0 Å². The Hall–Kier alpha value is -2.30. The molecule has 1 fully saturated rings. The van der Waals surface area contributed by atoms with Crippen molar-refractivity contribution in [2.45, 2.75) is 37.9 Å². The summed E-state index contributed by atoms with van der Waals surface area (Å²) < 4.78 is 71.5. The molecule has 0 spiro atoms. The standard InChI is InChI=1S/C17H16F5NO2/c1-2-7-25-15-12(18)8-10(9-13(15)19)16(24)23-14-6-4-3-5-11(14)17(20,21)22/h1,8-9,11,14H,3-7H2,(H,23,24)/t11-,14-/m0/s1. The Labute approximate surface area is 141 Å². The molecule has 0 saturated heterocycles. The van der Waals surface area contributed by atoms with Crippen LogP contribution in [0.15, 0.2) is 12.1 Å². The van der Waals surface area contributed by atoms with Crippen molar-refractivity contribution in [2.24, 2.45) is 5.92 Å². The molecule has 0 aliphatic heterocycles. The molecule has 25 heavy (non-hydrogen) atoms. The monoisotopic (exact) mass is 361 g/mol. The van der Waals surface area contributed by atoms with Gasteiger partial charge in [-0.2, -0.15) is 13.2 Å². The summed E-state index contributed by atoms with van der Waals surface area (Å²) in [6, 6.07) is 0.287. The van der Waals surface area contributed by atoms with Crippen LogP contribution >= 0.6 is 0 Å². The average Bonchev–Trinajstić information content (AvgIpc) is 2.53. The molecule has 0 radical (unpaired) electrons. The molecule has 0 bridgehead atoms. The van der Waals surface area contributed by atoms with Crippen LogP contribution < -0.4 is 10.1 Å². The molecular formula is C17H16F5NO2. The van der Waals surface area contributed by atoms with Gasteiger partial charge in [0.15, 0.2) is 17.4 Å². The van der Waals surface area contributed by atoms with Gasteiger partial charge in [-0.25, -0.2) is 8.78 Å². The van der Waals surface area contributed by atoms with Crippen LogP contribution in [0.5, 0.6) is 5.75 Å². The first-order chi connectivity index (χ1) is 11.7. The predicted molar refractivity (Wildman–Crippen MR) is 80.0 cm³/mol. The molecule has 0 aromatic heterocycles. The van der Waals surface area contributed by atoms with E-state index in [2.05, 4.69) is 5.32 Å². The fourth-order valence-electron chi connectivity index (χ4n) is 2.89. The number of nitrogens with one attached hydrogen (secondary N) is 1. The first kappa shape index (κ1) is 19.0. The largest absolute Gasteiger partial charge is 0.475 e. The van der Waals surface area contributed by atoms with E-state index in [0.717, 1.165) is 0 Å². The maximum Gasteiger partial charge on any atom is 0.393 e. The SMILES string of the molecule is C#CCOc1c(F)cc(C(=O)N[C@H]2CCCC[C@@H]2C(F)(F)F)cc1F. The minimum atomic E-state index is -4.44. The van der Waals surface area contributed by atoms with Gasteiger partial charge in [0.2, 0.25) is 0 Å². The van der Waals surface area contributed by atoms with Gasteiger partial charge in [0.1, 0.15) is 6.61 Å². The number of terminal acetylenes is 1. The zero-order valence-corrected chi connectivity index (χ0v) is 13.1. The Morgan fingerprint density at radius 3 is 2.40 bits per heavy atom. The number of carbonyl (C=O) groups excluding carboxylic acids is 1. The number of alkyl halides is 3. The third-order valence-corrected chi connectivity index (χ3v) is 4.06. The molecule has 0 unspecified atom stereocenters. The molecule has 1 N–H and O–H groups in total. The Morgan fingerprint density at radius 2 is 1.84 bits per heavy atom. The van der Waals surface area contributed by atoms with Crippen molar-refractivity contribution < 1.29 is 31.5 Å². The minimum absolute atomic E-state index is 0.0873. The molecular weight excluding hydrogens is 345 g/mol. The van der Waals surface area contributed by atoms with Gasteiger partial charge in [-0.05, 0) is 25.0 Å². The van der Waals surface area contributed by atoms with Crippen molar-refractivity contribution >= 4 is 5.91 Å². The summed E-state index contributed by atoms with van der Waals surface area (Å²) in [4.78, 5) is 12.1. The Morgan fingerprint density at radius 1 is 1.24 bits per heavy atom. The van der Waals surface area contributed by atoms with E-state index in [4.69, 9.17) is 11.2 Å².